The van der Waals surface area contributed by atoms with Gasteiger partial charge in [0.05, 0.1) is 22.3 Å². The van der Waals surface area contributed by atoms with Gasteiger partial charge in [-0.1, -0.05) is 185 Å². The van der Waals surface area contributed by atoms with Crippen LogP contribution in [0.4, 0.5) is 0 Å². The summed E-state index contributed by atoms with van der Waals surface area (Å²) in [6, 6.07) is 57.6. The Morgan fingerprint density at radius 3 is 1.85 bits per heavy atom. The fourth-order valence-corrected chi connectivity index (χ4v) is 12.2. The molecule has 4 nitrogen and oxygen atoms in total. The minimum Gasteiger partial charge on any atom is -0.507 e. The third-order valence-electron chi connectivity index (χ3n) is 14.1. The third-order valence-corrected chi connectivity index (χ3v) is 17.3. The number of fused-ring (bicyclic) bond motifs is 1. The second kappa shape index (κ2) is 19.6. The van der Waals surface area contributed by atoms with Crippen LogP contribution in [0.5, 0.6) is 5.75 Å². The number of hydrogen-bond donors (Lipinski definition) is 1. The van der Waals surface area contributed by atoms with Gasteiger partial charge in [-0.15, -0.1) is 35.4 Å². The van der Waals surface area contributed by atoms with Gasteiger partial charge in [0, 0.05) is 46.5 Å². The fraction of sp³-hybridized carbons (Fsp3) is 0.323. The first-order chi connectivity index (χ1) is 31.6. The van der Waals surface area contributed by atoms with Crippen molar-refractivity contribution in [2.45, 2.75) is 129 Å². The number of rotatable bonds is 6. The van der Waals surface area contributed by atoms with Crippen LogP contribution >= 0.6 is 0 Å². The van der Waals surface area contributed by atoms with Crippen LogP contribution in [0.2, 0.25) is 25.2 Å². The molecular formula is C62H70N3OPtSi-. The fourth-order valence-electron chi connectivity index (χ4n) is 9.45. The molecule has 1 N–H and O–H groups in total. The molecular weight excluding hydrogens is 1030 g/mol. The molecule has 354 valence electrons. The predicted octanol–water partition coefficient (Wildman–Crippen LogP) is 16.9. The maximum atomic E-state index is 11.8. The van der Waals surface area contributed by atoms with Gasteiger partial charge < -0.3 is 10.1 Å². The number of benzene rings is 6. The normalized spacial score (nSPS) is 14.7. The van der Waals surface area contributed by atoms with E-state index >= 15 is 0 Å². The second-order valence-electron chi connectivity index (χ2n) is 23.0. The van der Waals surface area contributed by atoms with E-state index in [0.29, 0.717) is 11.2 Å². The Morgan fingerprint density at radius 1 is 0.618 bits per heavy atom. The van der Waals surface area contributed by atoms with Gasteiger partial charge in [-0.2, -0.15) is 0 Å². The molecule has 68 heavy (non-hydrogen) atoms. The number of phenols is 1. The summed E-state index contributed by atoms with van der Waals surface area (Å²) >= 11 is 0. The zero-order valence-corrected chi connectivity index (χ0v) is 45.6. The van der Waals surface area contributed by atoms with Crippen molar-refractivity contribution >= 4 is 19.1 Å². The topological polar surface area (TPSA) is 50.9 Å². The number of para-hydroxylation sites is 2. The molecule has 0 spiro atoms. The summed E-state index contributed by atoms with van der Waals surface area (Å²) < 4.78 is 2.23. The molecule has 0 radical (unpaired) electrons. The van der Waals surface area contributed by atoms with Crippen LogP contribution in [0.3, 0.4) is 0 Å². The molecule has 0 atom stereocenters. The van der Waals surface area contributed by atoms with Gasteiger partial charge in [0.25, 0.3) is 0 Å². The van der Waals surface area contributed by atoms with Gasteiger partial charge in [-0.25, -0.2) is 4.98 Å². The van der Waals surface area contributed by atoms with Crippen LogP contribution in [0.15, 0.2) is 152 Å². The second-order valence-corrected chi connectivity index (χ2v) is 28.4. The Labute approximate surface area is 422 Å². The molecule has 2 aromatic heterocycles. The van der Waals surface area contributed by atoms with Gasteiger partial charge in [-0.05, 0) is 104 Å². The Hall–Kier alpha value is -5.35. The van der Waals surface area contributed by atoms with Crippen LogP contribution in [-0.2, 0) is 42.7 Å². The van der Waals surface area contributed by atoms with E-state index < -0.39 is 8.07 Å². The average Bonchev–Trinajstić information content (AvgIpc) is 3.69. The standard InChI is InChI=1S/C37H42N2O.C25H28NSi.Pt/c1-35(2,3)25-19-20-31(27(21-25)24-15-11-10-12-16-24)39-32-18-14-13-17-30(32)38-34(39)28-22-26(36(4,5)6)23-29(33(28)40)37(7,8)9;1-25(13-16-27(2,3)17-14-25)23-11-7-10-22(18-23)24-19-21(12-15-26-24)20-8-5-4-6-9-20;/h10-23,40H,1-9H3;4-9,11-12,15,18-19H,13-14,16-17H2,1-3H3;/q;-1;. The van der Waals surface area contributed by atoms with E-state index in [-0.39, 0.29) is 37.3 Å². The summed E-state index contributed by atoms with van der Waals surface area (Å²) in [6.07, 6.45) is 4.54. The molecule has 0 aliphatic carbocycles. The van der Waals surface area contributed by atoms with Crippen molar-refractivity contribution in [3.63, 3.8) is 0 Å². The van der Waals surface area contributed by atoms with Crippen molar-refractivity contribution in [3.8, 4) is 56.3 Å². The minimum absolute atomic E-state index is 0. The SMILES string of the molecule is CC(C)(C)c1ccc(-n2c(-c3cc(C(C)(C)C)cc(C(C)(C)C)c3O)nc3ccccc32)c(-c2ccccc2)c1.CC1(c2cc[c-]c(-c3cc(-c4ccccc4)ccn3)c2)CC[Si](C)(C)CC1.[Pt]. The average molecular weight is 1100 g/mol. The molecule has 0 bridgehead atoms. The van der Waals surface area contributed by atoms with Gasteiger partial charge >= 0.3 is 0 Å². The number of imidazole rings is 1. The molecule has 1 aliphatic rings. The van der Waals surface area contributed by atoms with E-state index in [1.807, 2.05) is 12.3 Å². The molecule has 6 aromatic carbocycles. The monoisotopic (exact) mass is 1100 g/mol. The Bertz CT molecular complexity index is 3010. The first kappa shape index (κ1) is 50.5. The van der Waals surface area contributed by atoms with Crippen molar-refractivity contribution < 1.29 is 26.2 Å². The van der Waals surface area contributed by atoms with E-state index in [0.717, 1.165) is 56.1 Å². The molecule has 0 amide bonds. The molecule has 6 heteroatoms. The van der Waals surface area contributed by atoms with E-state index in [1.165, 1.54) is 52.7 Å². The number of pyridine rings is 1. The van der Waals surface area contributed by atoms with Crippen molar-refractivity contribution in [2.75, 3.05) is 0 Å². The molecule has 1 saturated heterocycles. The summed E-state index contributed by atoms with van der Waals surface area (Å²) in [7, 11) is -0.955. The molecule has 3 heterocycles. The summed E-state index contributed by atoms with van der Waals surface area (Å²) in [6.45, 7) is 27.4. The van der Waals surface area contributed by atoms with Gasteiger partial charge in [0.1, 0.15) is 11.6 Å². The van der Waals surface area contributed by atoms with E-state index in [9.17, 15) is 5.11 Å². The quantitative estimate of drug-likeness (QED) is 0.133. The van der Waals surface area contributed by atoms with Crippen LogP contribution in [0.25, 0.3) is 61.6 Å². The summed E-state index contributed by atoms with van der Waals surface area (Å²) in [5, 5.41) is 11.8. The third kappa shape index (κ3) is 10.9. The molecule has 1 aliphatic heterocycles. The predicted molar refractivity (Wildman–Crippen MR) is 287 cm³/mol. The molecule has 9 rings (SSSR count). The Morgan fingerprint density at radius 2 is 1.22 bits per heavy atom. The number of aromatic nitrogens is 3. The minimum atomic E-state index is -0.955. The molecule has 0 saturated carbocycles. The smallest absolute Gasteiger partial charge is 0.149 e. The maximum absolute atomic E-state index is 11.8. The van der Waals surface area contributed by atoms with Crippen LogP contribution < -0.4 is 0 Å². The van der Waals surface area contributed by atoms with Crippen molar-refractivity contribution in [1.29, 1.82) is 0 Å². The van der Waals surface area contributed by atoms with Gasteiger partial charge in [0.2, 0.25) is 0 Å². The summed E-state index contributed by atoms with van der Waals surface area (Å²) in [4.78, 5) is 9.82. The molecule has 8 aromatic rings. The van der Waals surface area contributed by atoms with Gasteiger partial charge in [-0.3, -0.25) is 4.57 Å². The number of nitrogens with zero attached hydrogens (tertiary/aromatic N) is 3. The zero-order valence-electron chi connectivity index (χ0n) is 42.4. The van der Waals surface area contributed by atoms with Crippen LogP contribution in [0, 0.1) is 6.07 Å². The van der Waals surface area contributed by atoms with Gasteiger partial charge in [0.15, 0.2) is 0 Å². The molecule has 1 fully saturated rings. The first-order valence-corrected chi connectivity index (χ1v) is 27.6. The zero-order chi connectivity index (χ0) is 47.9. The summed E-state index contributed by atoms with van der Waals surface area (Å²) in [5.41, 5.74) is 15.3. The van der Waals surface area contributed by atoms with E-state index in [4.69, 9.17) is 4.98 Å². The maximum Gasteiger partial charge on any atom is 0.149 e. The van der Waals surface area contributed by atoms with Crippen molar-refractivity contribution in [1.82, 2.24) is 14.5 Å². The van der Waals surface area contributed by atoms with Crippen molar-refractivity contribution in [2.24, 2.45) is 0 Å². The Kier molecular flexibility index (Phi) is 14.5. The Balaban J connectivity index is 0.000000213. The van der Waals surface area contributed by atoms with E-state index in [1.54, 1.807) is 0 Å². The molecule has 0 unspecified atom stereocenters. The van der Waals surface area contributed by atoms with Crippen LogP contribution in [-0.4, -0.2) is 27.7 Å². The number of phenolic OH excluding ortho intramolecular Hbond substituents is 1. The number of hydrogen-bond acceptors (Lipinski definition) is 3. The van der Waals surface area contributed by atoms with Crippen LogP contribution in [0.1, 0.15) is 104 Å². The summed E-state index contributed by atoms with van der Waals surface area (Å²) in [5.74, 6) is 1.04. The van der Waals surface area contributed by atoms with Crippen molar-refractivity contribution in [3.05, 3.63) is 180 Å². The first-order valence-electron chi connectivity index (χ1n) is 24.2. The van der Waals surface area contributed by atoms with E-state index in [2.05, 4.69) is 237 Å². The largest absolute Gasteiger partial charge is 0.507 e. The number of aromatic hydroxyl groups is 1.